The van der Waals surface area contributed by atoms with Crippen molar-refractivity contribution in [3.05, 3.63) is 60.7 Å². The van der Waals surface area contributed by atoms with Gasteiger partial charge in [0.1, 0.15) is 9.86 Å². The quantitative estimate of drug-likeness (QED) is 0.403. The molecule has 112 valence electrons. The van der Waals surface area contributed by atoms with Crippen molar-refractivity contribution in [3.8, 4) is 0 Å². The highest BCUT2D eigenvalue weighted by Crippen LogP contribution is 2.23. The van der Waals surface area contributed by atoms with Gasteiger partial charge in [-0.25, -0.2) is 4.98 Å². The fourth-order valence-electron chi connectivity index (χ4n) is 2.45. The van der Waals surface area contributed by atoms with Crippen LogP contribution in [0.3, 0.4) is 0 Å². The highest BCUT2D eigenvalue weighted by molar-refractivity contribution is 7.82. The molecular formula is C17H12N4S2. The van der Waals surface area contributed by atoms with Gasteiger partial charge in [0.15, 0.2) is 0 Å². The molecule has 0 aliphatic carbocycles. The third-order valence-corrected chi connectivity index (χ3v) is 4.72. The van der Waals surface area contributed by atoms with Gasteiger partial charge >= 0.3 is 0 Å². The number of H-pyrrole nitrogens is 1. The lowest BCUT2D eigenvalue weighted by atomic mass is 10.1. The van der Waals surface area contributed by atoms with Crippen LogP contribution in [-0.2, 0) is 0 Å². The number of hydrogen-bond donors (Lipinski definition) is 2. The summed E-state index contributed by atoms with van der Waals surface area (Å²) in [5.74, 6) is 0. The number of thiazole rings is 1. The van der Waals surface area contributed by atoms with E-state index in [1.807, 2.05) is 42.5 Å². The maximum absolute atomic E-state index is 4.20. The van der Waals surface area contributed by atoms with E-state index in [1.54, 1.807) is 11.3 Å². The minimum Gasteiger partial charge on any atom is -0.257 e. The molecule has 5 aromatic rings. The van der Waals surface area contributed by atoms with E-state index in [4.69, 9.17) is 0 Å². The lowest BCUT2D eigenvalue weighted by Gasteiger charge is -1.95. The van der Waals surface area contributed by atoms with Crippen molar-refractivity contribution >= 4 is 56.0 Å². The number of aromatic nitrogens is 4. The number of thiol groups is 1. The molecule has 2 heterocycles. The van der Waals surface area contributed by atoms with Crippen LogP contribution in [0.1, 0.15) is 0 Å². The molecule has 0 aliphatic rings. The maximum atomic E-state index is 4.20. The zero-order chi connectivity index (χ0) is 15.6. The number of aromatic amines is 1. The van der Waals surface area contributed by atoms with E-state index in [1.165, 1.54) is 15.5 Å². The lowest BCUT2D eigenvalue weighted by molar-refractivity contribution is 0.960. The van der Waals surface area contributed by atoms with Gasteiger partial charge in [-0.1, -0.05) is 47.7 Å². The van der Waals surface area contributed by atoms with Gasteiger partial charge < -0.3 is 0 Å². The van der Waals surface area contributed by atoms with Crippen LogP contribution in [0.5, 0.6) is 0 Å². The largest absolute Gasteiger partial charge is 0.257 e. The number of nitrogens with zero attached hydrogens (tertiary/aromatic N) is 3. The van der Waals surface area contributed by atoms with Crippen molar-refractivity contribution in [2.24, 2.45) is 0 Å². The van der Waals surface area contributed by atoms with E-state index in [9.17, 15) is 0 Å². The summed E-state index contributed by atoms with van der Waals surface area (Å²) in [6.45, 7) is 0. The molecule has 5 rings (SSSR count). The Morgan fingerprint density at radius 3 is 2.61 bits per heavy atom. The molecule has 1 N–H and O–H groups in total. The van der Waals surface area contributed by atoms with Crippen LogP contribution in [0.2, 0.25) is 0 Å². The number of benzene rings is 3. The van der Waals surface area contributed by atoms with Gasteiger partial charge in [-0.15, -0.1) is 29.1 Å². The Labute approximate surface area is 141 Å². The Kier molecular flexibility index (Phi) is 3.69. The fraction of sp³-hybridized carbons (Fsp3) is 0. The normalized spacial score (nSPS) is 10.8. The van der Waals surface area contributed by atoms with Crippen LogP contribution in [0, 0.1) is 0 Å². The minimum absolute atomic E-state index is 0.834. The second kappa shape index (κ2) is 5.98. The molecule has 0 aliphatic heterocycles. The van der Waals surface area contributed by atoms with Crippen LogP contribution in [0.25, 0.3) is 32.0 Å². The SMILES string of the molecule is Sc1nc2ccccc2s1.c1ccc2c(c1)ccc1nn[nH]c12. The van der Waals surface area contributed by atoms with Crippen LogP contribution >= 0.6 is 24.0 Å². The van der Waals surface area contributed by atoms with Gasteiger partial charge in [0.25, 0.3) is 0 Å². The summed E-state index contributed by atoms with van der Waals surface area (Å²) < 4.78 is 2.04. The molecule has 0 radical (unpaired) electrons. The van der Waals surface area contributed by atoms with E-state index in [-0.39, 0.29) is 0 Å². The molecule has 0 saturated heterocycles. The molecule has 0 bridgehead atoms. The summed E-state index contributed by atoms with van der Waals surface area (Å²) in [4.78, 5) is 4.20. The number of fused-ring (bicyclic) bond motifs is 4. The minimum atomic E-state index is 0.834. The Morgan fingerprint density at radius 1 is 0.870 bits per heavy atom. The zero-order valence-electron chi connectivity index (χ0n) is 12.0. The first-order valence-electron chi connectivity index (χ1n) is 7.04. The van der Waals surface area contributed by atoms with Crippen LogP contribution < -0.4 is 0 Å². The first-order chi connectivity index (χ1) is 11.3. The highest BCUT2D eigenvalue weighted by atomic mass is 32.2. The smallest absolute Gasteiger partial charge is 0.148 e. The highest BCUT2D eigenvalue weighted by Gasteiger charge is 2.01. The fourth-order valence-corrected chi connectivity index (χ4v) is 3.56. The summed E-state index contributed by atoms with van der Waals surface area (Å²) in [6.07, 6.45) is 0. The average molecular weight is 336 g/mol. The lowest BCUT2D eigenvalue weighted by Crippen LogP contribution is -1.74. The summed E-state index contributed by atoms with van der Waals surface area (Å²) >= 11 is 5.76. The van der Waals surface area contributed by atoms with Crippen molar-refractivity contribution in [1.29, 1.82) is 0 Å². The summed E-state index contributed by atoms with van der Waals surface area (Å²) in [5.41, 5.74) is 2.97. The Hall–Kier alpha value is -2.44. The third kappa shape index (κ3) is 2.78. The van der Waals surface area contributed by atoms with Crippen LogP contribution in [0.4, 0.5) is 0 Å². The molecule has 0 atom stereocenters. The molecule has 0 saturated carbocycles. The first kappa shape index (κ1) is 14.2. The predicted molar refractivity (Wildman–Crippen MR) is 98.3 cm³/mol. The third-order valence-electron chi connectivity index (χ3n) is 3.51. The van der Waals surface area contributed by atoms with E-state index in [2.05, 4.69) is 51.2 Å². The molecule has 0 fully saturated rings. The second-order valence-corrected chi connectivity index (χ2v) is 6.71. The maximum Gasteiger partial charge on any atom is 0.148 e. The number of nitrogens with one attached hydrogen (secondary N) is 1. The summed E-state index contributed by atoms with van der Waals surface area (Å²) in [7, 11) is 0. The Bertz CT molecular complexity index is 1060. The Morgan fingerprint density at radius 2 is 1.70 bits per heavy atom. The molecular weight excluding hydrogens is 324 g/mol. The molecule has 2 aromatic heterocycles. The second-order valence-electron chi connectivity index (χ2n) is 4.96. The van der Waals surface area contributed by atoms with Crippen molar-refractivity contribution in [2.75, 3.05) is 0 Å². The number of hydrogen-bond acceptors (Lipinski definition) is 5. The van der Waals surface area contributed by atoms with Crippen LogP contribution in [0.15, 0.2) is 65.0 Å². The van der Waals surface area contributed by atoms with Gasteiger partial charge in [0.05, 0.1) is 15.7 Å². The van der Waals surface area contributed by atoms with Gasteiger partial charge in [-0.2, -0.15) is 0 Å². The number of para-hydroxylation sites is 1. The summed E-state index contributed by atoms with van der Waals surface area (Å²) in [6, 6.07) is 20.2. The van der Waals surface area contributed by atoms with E-state index in [0.29, 0.717) is 0 Å². The van der Waals surface area contributed by atoms with Gasteiger partial charge in [0, 0.05) is 5.39 Å². The van der Waals surface area contributed by atoms with E-state index >= 15 is 0 Å². The van der Waals surface area contributed by atoms with Gasteiger partial charge in [-0.05, 0) is 23.6 Å². The van der Waals surface area contributed by atoms with Gasteiger partial charge in [-0.3, -0.25) is 5.10 Å². The monoisotopic (exact) mass is 336 g/mol. The first-order valence-corrected chi connectivity index (χ1v) is 8.31. The predicted octanol–water partition coefficient (Wildman–Crippen LogP) is 4.70. The van der Waals surface area contributed by atoms with E-state index in [0.717, 1.165) is 20.9 Å². The molecule has 6 heteroatoms. The molecule has 3 aromatic carbocycles. The zero-order valence-corrected chi connectivity index (χ0v) is 13.7. The van der Waals surface area contributed by atoms with Crippen molar-refractivity contribution in [1.82, 2.24) is 20.4 Å². The average Bonchev–Trinajstić information content (AvgIpc) is 3.20. The van der Waals surface area contributed by atoms with Crippen molar-refractivity contribution < 1.29 is 0 Å². The standard InChI is InChI=1S/C10H7N3.C7H5NS2/c1-2-4-8-7(3-1)5-6-9-10(8)12-13-11-9;9-7-8-5-3-1-2-4-6(5)10-7/h1-6H,(H,11,12,13);1-4H,(H,8,9). The molecule has 4 nitrogen and oxygen atoms in total. The van der Waals surface area contributed by atoms with Crippen molar-refractivity contribution in [2.45, 2.75) is 4.34 Å². The van der Waals surface area contributed by atoms with E-state index < -0.39 is 0 Å². The van der Waals surface area contributed by atoms with Crippen molar-refractivity contribution in [3.63, 3.8) is 0 Å². The molecule has 0 unspecified atom stereocenters. The molecule has 0 spiro atoms. The molecule has 0 amide bonds. The van der Waals surface area contributed by atoms with Crippen LogP contribution in [-0.4, -0.2) is 20.4 Å². The molecule has 23 heavy (non-hydrogen) atoms. The summed E-state index contributed by atoms with van der Waals surface area (Å²) in [5, 5.41) is 13.0. The van der Waals surface area contributed by atoms with Gasteiger partial charge in [0.2, 0.25) is 0 Å². The topological polar surface area (TPSA) is 54.5 Å². The number of rotatable bonds is 0. The Balaban J connectivity index is 0.000000122.